The van der Waals surface area contributed by atoms with Crippen molar-refractivity contribution in [3.05, 3.63) is 46.6 Å². The molecule has 7 nitrogen and oxygen atoms in total. The number of ether oxygens (including phenoxy) is 1. The minimum Gasteiger partial charge on any atom is -0.469 e. The summed E-state index contributed by atoms with van der Waals surface area (Å²) >= 11 is 6.17. The number of amides is 1. The highest BCUT2D eigenvalue weighted by molar-refractivity contribution is 6.31. The average Bonchev–Trinajstić information content (AvgIpc) is 2.98. The number of nitrogens with one attached hydrogen (secondary N) is 1. The van der Waals surface area contributed by atoms with Crippen molar-refractivity contribution in [3.8, 4) is 0 Å². The highest BCUT2D eigenvalue weighted by Gasteiger charge is 2.21. The Balaban J connectivity index is 2.02. The number of carbonyl (C=O) groups excluding carboxylic acids is 2. The highest BCUT2D eigenvalue weighted by Crippen LogP contribution is 2.25. The molecule has 0 aliphatic carbocycles. The zero-order valence-electron chi connectivity index (χ0n) is 13.4. The third-order valence-electron chi connectivity index (χ3n) is 3.35. The molecule has 0 saturated carbocycles. The van der Waals surface area contributed by atoms with E-state index in [1.54, 1.807) is 31.2 Å². The van der Waals surface area contributed by atoms with Gasteiger partial charge in [-0.2, -0.15) is 4.98 Å². The van der Waals surface area contributed by atoms with E-state index in [0.717, 1.165) is 0 Å². The molecule has 8 heteroatoms. The van der Waals surface area contributed by atoms with Gasteiger partial charge in [0, 0.05) is 17.9 Å². The summed E-state index contributed by atoms with van der Waals surface area (Å²) in [7, 11) is 1.30. The van der Waals surface area contributed by atoms with Crippen LogP contribution in [0.15, 0.2) is 28.8 Å². The first-order valence-electron chi connectivity index (χ1n) is 7.39. The minimum absolute atomic E-state index is 0.00829. The number of rotatable bonds is 7. The monoisotopic (exact) mass is 351 g/mol. The van der Waals surface area contributed by atoms with Crippen molar-refractivity contribution >= 4 is 23.5 Å². The van der Waals surface area contributed by atoms with E-state index < -0.39 is 12.0 Å². The predicted octanol–water partition coefficient (Wildman–Crippen LogP) is 2.38. The first-order chi connectivity index (χ1) is 11.5. The lowest BCUT2D eigenvalue weighted by atomic mass is 10.0. The molecule has 1 aromatic carbocycles. The number of carbonyl (C=O) groups is 2. The number of aryl methyl sites for hydroxylation is 2. The number of hydrogen-bond acceptors (Lipinski definition) is 6. The van der Waals surface area contributed by atoms with Gasteiger partial charge in [0.05, 0.1) is 19.6 Å². The van der Waals surface area contributed by atoms with Gasteiger partial charge in [-0.25, -0.2) is 0 Å². The Kier molecular flexibility index (Phi) is 6.31. The lowest BCUT2D eigenvalue weighted by Crippen LogP contribution is -2.30. The molecule has 1 aromatic heterocycles. The van der Waals surface area contributed by atoms with Crippen molar-refractivity contribution in [1.29, 1.82) is 0 Å². The van der Waals surface area contributed by atoms with Crippen molar-refractivity contribution in [3.63, 3.8) is 0 Å². The highest BCUT2D eigenvalue weighted by atomic mass is 35.5. The maximum absolute atomic E-state index is 12.2. The molecule has 1 amide bonds. The molecule has 24 heavy (non-hydrogen) atoms. The Labute approximate surface area is 144 Å². The quantitative estimate of drug-likeness (QED) is 0.770. The van der Waals surface area contributed by atoms with Crippen LogP contribution < -0.4 is 5.32 Å². The van der Waals surface area contributed by atoms with Gasteiger partial charge >= 0.3 is 5.97 Å². The summed E-state index contributed by atoms with van der Waals surface area (Å²) in [6.07, 6.45) is 0.468. The number of esters is 1. The van der Waals surface area contributed by atoms with Crippen molar-refractivity contribution in [2.45, 2.75) is 32.2 Å². The normalized spacial score (nSPS) is 11.8. The first kappa shape index (κ1) is 17.9. The van der Waals surface area contributed by atoms with Crippen LogP contribution in [-0.2, 0) is 20.7 Å². The number of nitrogens with zero attached hydrogens (tertiary/aromatic N) is 2. The summed E-state index contributed by atoms with van der Waals surface area (Å²) in [6, 6.07) is 6.47. The van der Waals surface area contributed by atoms with Gasteiger partial charge in [0.15, 0.2) is 5.82 Å². The van der Waals surface area contributed by atoms with Crippen LogP contribution in [0.5, 0.6) is 0 Å². The van der Waals surface area contributed by atoms with Crippen LogP contribution in [0.3, 0.4) is 0 Å². The summed E-state index contributed by atoms with van der Waals surface area (Å²) in [5.41, 5.74) is 0.659. The maximum atomic E-state index is 12.2. The van der Waals surface area contributed by atoms with Crippen molar-refractivity contribution in [2.24, 2.45) is 0 Å². The van der Waals surface area contributed by atoms with Crippen LogP contribution in [0.25, 0.3) is 0 Å². The van der Waals surface area contributed by atoms with Gasteiger partial charge in [-0.1, -0.05) is 35.0 Å². The van der Waals surface area contributed by atoms with E-state index in [4.69, 9.17) is 16.1 Å². The largest absolute Gasteiger partial charge is 0.469 e. The van der Waals surface area contributed by atoms with Gasteiger partial charge in [-0.15, -0.1) is 0 Å². The molecule has 2 rings (SSSR count). The molecule has 0 bridgehead atoms. The van der Waals surface area contributed by atoms with E-state index in [-0.39, 0.29) is 18.7 Å². The minimum atomic E-state index is -0.567. The standard InChI is InChI=1S/C16H18ClN3O4/c1-10-18-15(24-20-10)8-7-14(21)19-13(9-16(22)23-2)11-5-3-4-6-12(11)17/h3-6,13H,7-9H2,1-2H3,(H,19,21). The molecule has 1 unspecified atom stereocenters. The lowest BCUT2D eigenvalue weighted by Gasteiger charge is -2.19. The van der Waals surface area contributed by atoms with Crippen LogP contribution >= 0.6 is 11.6 Å². The summed E-state index contributed by atoms with van der Waals surface area (Å²) in [6.45, 7) is 1.71. The zero-order valence-corrected chi connectivity index (χ0v) is 14.2. The molecule has 0 saturated heterocycles. The summed E-state index contributed by atoms with van der Waals surface area (Å²) in [4.78, 5) is 27.9. The van der Waals surface area contributed by atoms with Crippen molar-refractivity contribution < 1.29 is 18.8 Å². The number of hydrogen-bond donors (Lipinski definition) is 1. The zero-order chi connectivity index (χ0) is 17.5. The second kappa shape index (κ2) is 8.44. The number of methoxy groups -OCH3 is 1. The average molecular weight is 352 g/mol. The van der Waals surface area contributed by atoms with Crippen LogP contribution in [0, 0.1) is 6.92 Å². The van der Waals surface area contributed by atoms with Crippen molar-refractivity contribution in [2.75, 3.05) is 7.11 Å². The smallest absolute Gasteiger partial charge is 0.307 e. The summed E-state index contributed by atoms with van der Waals surface area (Å²) in [5.74, 6) is 0.224. The Morgan fingerprint density at radius 2 is 2.12 bits per heavy atom. The summed E-state index contributed by atoms with van der Waals surface area (Å²) < 4.78 is 9.66. The molecule has 0 radical (unpaired) electrons. The van der Waals surface area contributed by atoms with Crippen LogP contribution in [0.4, 0.5) is 0 Å². The molecule has 0 aliphatic rings. The van der Waals surface area contributed by atoms with Gasteiger partial charge in [0.1, 0.15) is 0 Å². The molecule has 1 heterocycles. The molecular formula is C16H18ClN3O4. The Bertz CT molecular complexity index is 717. The second-order valence-electron chi connectivity index (χ2n) is 5.16. The molecule has 2 aromatic rings. The van der Waals surface area contributed by atoms with Gasteiger partial charge in [0.25, 0.3) is 0 Å². The van der Waals surface area contributed by atoms with E-state index >= 15 is 0 Å². The number of aromatic nitrogens is 2. The van der Waals surface area contributed by atoms with Crippen molar-refractivity contribution in [1.82, 2.24) is 15.5 Å². The van der Waals surface area contributed by atoms with Crippen LogP contribution in [0.2, 0.25) is 5.02 Å². The maximum Gasteiger partial charge on any atom is 0.307 e. The SMILES string of the molecule is COC(=O)CC(NC(=O)CCc1nc(C)no1)c1ccccc1Cl. The summed E-state index contributed by atoms with van der Waals surface area (Å²) in [5, 5.41) is 6.94. The molecule has 0 aliphatic heterocycles. The van der Waals surface area contributed by atoms with Gasteiger partial charge in [0.2, 0.25) is 11.8 Å². The van der Waals surface area contributed by atoms with E-state index in [1.165, 1.54) is 7.11 Å². The Hall–Kier alpha value is -2.41. The molecule has 128 valence electrons. The topological polar surface area (TPSA) is 94.3 Å². The lowest BCUT2D eigenvalue weighted by molar-refractivity contribution is -0.141. The van der Waals surface area contributed by atoms with Gasteiger partial charge in [-0.05, 0) is 18.6 Å². The number of halogens is 1. The van der Waals surface area contributed by atoms with Crippen LogP contribution in [-0.4, -0.2) is 29.1 Å². The Morgan fingerprint density at radius 1 is 1.38 bits per heavy atom. The third kappa shape index (κ3) is 5.06. The molecule has 1 atom stereocenters. The third-order valence-corrected chi connectivity index (χ3v) is 3.69. The molecule has 0 fully saturated rings. The first-order valence-corrected chi connectivity index (χ1v) is 7.77. The van der Waals surface area contributed by atoms with Gasteiger partial charge < -0.3 is 14.6 Å². The molecular weight excluding hydrogens is 334 g/mol. The van der Waals surface area contributed by atoms with Gasteiger partial charge in [-0.3, -0.25) is 9.59 Å². The Morgan fingerprint density at radius 3 is 2.75 bits per heavy atom. The van der Waals surface area contributed by atoms with E-state index in [1.807, 2.05) is 0 Å². The van der Waals surface area contributed by atoms with E-state index in [0.29, 0.717) is 28.7 Å². The molecule has 1 N–H and O–H groups in total. The van der Waals surface area contributed by atoms with E-state index in [9.17, 15) is 9.59 Å². The fourth-order valence-electron chi connectivity index (χ4n) is 2.17. The fraction of sp³-hybridized carbons (Fsp3) is 0.375. The van der Waals surface area contributed by atoms with Crippen LogP contribution in [0.1, 0.15) is 36.2 Å². The predicted molar refractivity (Wildman–Crippen MR) is 86.3 cm³/mol. The fourth-order valence-corrected chi connectivity index (χ4v) is 2.44. The van der Waals surface area contributed by atoms with E-state index in [2.05, 4.69) is 20.2 Å². The second-order valence-corrected chi connectivity index (χ2v) is 5.56. The number of benzene rings is 1. The molecule has 0 spiro atoms.